The van der Waals surface area contributed by atoms with E-state index in [9.17, 15) is 4.79 Å². The van der Waals surface area contributed by atoms with E-state index in [1.807, 2.05) is 6.07 Å². The van der Waals surface area contributed by atoms with Gasteiger partial charge in [-0.05, 0) is 37.3 Å². The zero-order valence-corrected chi connectivity index (χ0v) is 13.1. The van der Waals surface area contributed by atoms with Gasteiger partial charge in [-0.15, -0.1) is 0 Å². The number of ether oxygens (including phenoxy) is 1. The first-order valence-electron chi connectivity index (χ1n) is 6.29. The van der Waals surface area contributed by atoms with Crippen LogP contribution >= 0.6 is 23.2 Å². The number of hydrogen-bond donors (Lipinski definition) is 0. The van der Waals surface area contributed by atoms with Gasteiger partial charge in [0.1, 0.15) is 5.75 Å². The summed E-state index contributed by atoms with van der Waals surface area (Å²) in [6.45, 7) is 1.40. The first kappa shape index (κ1) is 16.3. The summed E-state index contributed by atoms with van der Waals surface area (Å²) >= 11 is 11.7. The lowest BCUT2D eigenvalue weighted by molar-refractivity contribution is -0.146. The molecule has 0 atom stereocenters. The molecule has 0 aliphatic carbocycles. The van der Waals surface area contributed by atoms with Crippen molar-refractivity contribution in [3.05, 3.63) is 58.3 Å². The molecule has 114 valence electrons. The van der Waals surface area contributed by atoms with Crippen LogP contribution in [0.15, 0.2) is 47.9 Å². The van der Waals surface area contributed by atoms with E-state index in [-0.39, 0.29) is 6.61 Å². The third kappa shape index (κ3) is 4.72. The molecule has 2 aromatic rings. The molecular weight excluding hydrogens is 327 g/mol. The molecule has 0 saturated heterocycles. The molecule has 0 aliphatic rings. The van der Waals surface area contributed by atoms with Gasteiger partial charge in [-0.25, -0.2) is 4.79 Å². The highest BCUT2D eigenvalue weighted by Crippen LogP contribution is 2.27. The average molecular weight is 339 g/mol. The van der Waals surface area contributed by atoms with Crippen LogP contribution in [-0.4, -0.2) is 23.3 Å². The largest absolute Gasteiger partial charge is 0.480 e. The molecule has 0 spiro atoms. The van der Waals surface area contributed by atoms with E-state index < -0.39 is 5.97 Å². The Bertz CT molecular complexity index is 690. The molecule has 0 saturated carbocycles. The van der Waals surface area contributed by atoms with Gasteiger partial charge in [0.15, 0.2) is 6.61 Å². The SMILES string of the molecule is C/C(=N\OC(=O)COc1ccc(Cl)cc1Cl)c1cccnc1. The molecule has 7 heteroatoms. The Morgan fingerprint density at radius 2 is 2.14 bits per heavy atom. The molecule has 1 heterocycles. The molecular formula is C15H12Cl2N2O3. The first-order valence-corrected chi connectivity index (χ1v) is 7.04. The van der Waals surface area contributed by atoms with Crippen molar-refractivity contribution in [2.75, 3.05) is 6.61 Å². The fourth-order valence-electron chi connectivity index (χ4n) is 1.50. The number of pyridine rings is 1. The van der Waals surface area contributed by atoms with Crippen molar-refractivity contribution in [3.8, 4) is 5.75 Å². The molecule has 0 amide bonds. The molecule has 0 radical (unpaired) electrons. The molecule has 5 nitrogen and oxygen atoms in total. The minimum absolute atomic E-state index is 0.314. The van der Waals surface area contributed by atoms with Crippen LogP contribution in [0.5, 0.6) is 5.75 Å². The summed E-state index contributed by atoms with van der Waals surface area (Å²) in [6.07, 6.45) is 3.27. The Kier molecular flexibility index (Phi) is 5.75. The highest BCUT2D eigenvalue weighted by atomic mass is 35.5. The van der Waals surface area contributed by atoms with Crippen molar-refractivity contribution >= 4 is 34.9 Å². The van der Waals surface area contributed by atoms with E-state index in [1.165, 1.54) is 6.07 Å². The van der Waals surface area contributed by atoms with Crippen LogP contribution in [0.1, 0.15) is 12.5 Å². The number of nitrogens with zero attached hydrogens (tertiary/aromatic N) is 2. The summed E-state index contributed by atoms with van der Waals surface area (Å²) in [5.74, 6) is -0.301. The van der Waals surface area contributed by atoms with Gasteiger partial charge in [-0.3, -0.25) is 4.98 Å². The maximum atomic E-state index is 11.6. The minimum Gasteiger partial charge on any atom is -0.480 e. The normalized spacial score (nSPS) is 11.1. The number of halogens is 2. The Balaban J connectivity index is 1.88. The number of rotatable bonds is 5. The van der Waals surface area contributed by atoms with Gasteiger partial charge in [0, 0.05) is 23.0 Å². The summed E-state index contributed by atoms with van der Waals surface area (Å²) in [5, 5.41) is 4.53. The lowest BCUT2D eigenvalue weighted by Crippen LogP contribution is -2.13. The second-order valence-electron chi connectivity index (χ2n) is 4.25. The predicted molar refractivity (Wildman–Crippen MR) is 84.5 cm³/mol. The maximum absolute atomic E-state index is 11.6. The van der Waals surface area contributed by atoms with Crippen LogP contribution in [0.4, 0.5) is 0 Å². The fourth-order valence-corrected chi connectivity index (χ4v) is 1.97. The Hall–Kier alpha value is -2.11. The molecule has 2 rings (SSSR count). The summed E-state index contributed by atoms with van der Waals surface area (Å²) in [7, 11) is 0. The molecule has 0 bridgehead atoms. The van der Waals surface area contributed by atoms with E-state index in [0.717, 1.165) is 5.56 Å². The smallest absolute Gasteiger partial charge is 0.372 e. The number of aromatic nitrogens is 1. The van der Waals surface area contributed by atoms with Crippen molar-refractivity contribution < 1.29 is 14.4 Å². The van der Waals surface area contributed by atoms with Crippen molar-refractivity contribution in [2.45, 2.75) is 6.92 Å². The molecule has 22 heavy (non-hydrogen) atoms. The average Bonchev–Trinajstić information content (AvgIpc) is 2.52. The number of carbonyl (C=O) groups excluding carboxylic acids is 1. The van der Waals surface area contributed by atoms with E-state index in [2.05, 4.69) is 10.1 Å². The van der Waals surface area contributed by atoms with Gasteiger partial charge in [0.25, 0.3) is 0 Å². The zero-order valence-electron chi connectivity index (χ0n) is 11.6. The second kappa shape index (κ2) is 7.77. The summed E-state index contributed by atoms with van der Waals surface area (Å²) < 4.78 is 5.24. The summed E-state index contributed by atoms with van der Waals surface area (Å²) in [6, 6.07) is 8.28. The van der Waals surface area contributed by atoms with Crippen molar-refractivity contribution in [1.29, 1.82) is 0 Å². The number of oxime groups is 1. The third-order valence-electron chi connectivity index (χ3n) is 2.60. The maximum Gasteiger partial charge on any atom is 0.372 e. The highest BCUT2D eigenvalue weighted by molar-refractivity contribution is 6.35. The van der Waals surface area contributed by atoms with Crippen LogP contribution in [0, 0.1) is 0 Å². The van der Waals surface area contributed by atoms with Gasteiger partial charge in [-0.1, -0.05) is 28.4 Å². The Morgan fingerprint density at radius 1 is 1.32 bits per heavy atom. The fraction of sp³-hybridized carbons (Fsp3) is 0.133. The van der Waals surface area contributed by atoms with Gasteiger partial charge in [-0.2, -0.15) is 0 Å². The van der Waals surface area contributed by atoms with E-state index in [1.54, 1.807) is 37.5 Å². The highest BCUT2D eigenvalue weighted by Gasteiger charge is 2.08. The monoisotopic (exact) mass is 338 g/mol. The van der Waals surface area contributed by atoms with Gasteiger partial charge >= 0.3 is 5.97 Å². The van der Waals surface area contributed by atoms with Crippen LogP contribution in [0.3, 0.4) is 0 Å². The molecule has 1 aromatic heterocycles. The van der Waals surface area contributed by atoms with Crippen LogP contribution in [0.25, 0.3) is 0 Å². The third-order valence-corrected chi connectivity index (χ3v) is 3.13. The first-order chi connectivity index (χ1) is 10.6. The molecule has 0 unspecified atom stereocenters. The number of carbonyl (C=O) groups is 1. The molecule has 0 aliphatic heterocycles. The van der Waals surface area contributed by atoms with Gasteiger partial charge in [0.05, 0.1) is 10.7 Å². The predicted octanol–water partition coefficient (Wildman–Crippen LogP) is 3.73. The Morgan fingerprint density at radius 3 is 2.82 bits per heavy atom. The minimum atomic E-state index is -0.644. The van der Waals surface area contributed by atoms with E-state index in [0.29, 0.717) is 21.5 Å². The lowest BCUT2D eigenvalue weighted by atomic mass is 10.2. The quantitative estimate of drug-likeness (QED) is 0.473. The topological polar surface area (TPSA) is 60.8 Å². The second-order valence-corrected chi connectivity index (χ2v) is 5.09. The standard InChI is InChI=1S/C15H12Cl2N2O3/c1-10(11-3-2-6-18-8-11)19-22-15(20)9-21-14-5-4-12(16)7-13(14)17/h2-8H,9H2,1H3/b19-10+. The zero-order chi connectivity index (χ0) is 15.9. The van der Waals surface area contributed by atoms with E-state index >= 15 is 0 Å². The van der Waals surface area contributed by atoms with Crippen molar-refractivity contribution in [3.63, 3.8) is 0 Å². The van der Waals surface area contributed by atoms with E-state index in [4.69, 9.17) is 32.8 Å². The molecule has 0 N–H and O–H groups in total. The van der Waals surface area contributed by atoms with Gasteiger partial charge in [0.2, 0.25) is 0 Å². The van der Waals surface area contributed by atoms with Crippen molar-refractivity contribution in [1.82, 2.24) is 4.98 Å². The lowest BCUT2D eigenvalue weighted by Gasteiger charge is -2.06. The van der Waals surface area contributed by atoms with Crippen LogP contribution < -0.4 is 4.74 Å². The van der Waals surface area contributed by atoms with Crippen LogP contribution in [0.2, 0.25) is 10.0 Å². The van der Waals surface area contributed by atoms with Crippen LogP contribution in [-0.2, 0) is 9.63 Å². The molecule has 1 aromatic carbocycles. The number of benzene rings is 1. The summed E-state index contributed by atoms with van der Waals surface area (Å²) in [4.78, 5) is 20.3. The summed E-state index contributed by atoms with van der Waals surface area (Å²) in [5.41, 5.74) is 1.29. The number of hydrogen-bond acceptors (Lipinski definition) is 5. The molecule has 0 fully saturated rings. The van der Waals surface area contributed by atoms with Gasteiger partial charge < -0.3 is 9.57 Å². The van der Waals surface area contributed by atoms with Crippen molar-refractivity contribution in [2.24, 2.45) is 5.16 Å². The Labute approximate surface area is 137 Å².